The summed E-state index contributed by atoms with van der Waals surface area (Å²) in [5, 5.41) is 3.63. The van der Waals surface area contributed by atoms with Crippen molar-refractivity contribution in [3.05, 3.63) is 0 Å². The Balaban J connectivity index is 2.38. The van der Waals surface area contributed by atoms with Crippen molar-refractivity contribution in [3.8, 4) is 0 Å². The summed E-state index contributed by atoms with van der Waals surface area (Å²) in [5.74, 6) is -0.0170. The lowest BCUT2D eigenvalue weighted by atomic mass is 9.85. The number of hydrogen-bond donors (Lipinski definition) is 2. The molecule has 0 aromatic rings. The molecule has 2 atom stereocenters. The summed E-state index contributed by atoms with van der Waals surface area (Å²) in [5.41, 5.74) is 5.36. The molecule has 0 aromatic carbocycles. The maximum absolute atomic E-state index is 11.1. The minimum absolute atomic E-state index is 0.102. The highest BCUT2D eigenvalue weighted by molar-refractivity contribution is 5.76. The van der Waals surface area contributed by atoms with Crippen LogP contribution in [0.3, 0.4) is 0 Å². The van der Waals surface area contributed by atoms with Gasteiger partial charge in [-0.25, -0.2) is 0 Å². The number of carbonyl (C=O) groups excluding carboxylic acids is 1. The Morgan fingerprint density at radius 3 is 2.60 bits per heavy atom. The van der Waals surface area contributed by atoms with Crippen molar-refractivity contribution in [2.24, 2.45) is 11.7 Å². The van der Waals surface area contributed by atoms with Gasteiger partial charge in [0.2, 0.25) is 5.91 Å². The second kappa shape index (κ2) is 6.11. The fourth-order valence-electron chi connectivity index (χ4n) is 2.46. The lowest BCUT2D eigenvalue weighted by Gasteiger charge is -2.31. The highest BCUT2D eigenvalue weighted by Crippen LogP contribution is 2.24. The van der Waals surface area contributed by atoms with Crippen LogP contribution in [0.5, 0.6) is 0 Å². The molecule has 0 spiro atoms. The molecule has 15 heavy (non-hydrogen) atoms. The monoisotopic (exact) mass is 212 g/mol. The summed E-state index contributed by atoms with van der Waals surface area (Å²) in [6.07, 6.45) is 6.57. The Hall–Kier alpha value is -0.570. The third kappa shape index (κ3) is 3.82. The molecule has 3 N–H and O–H groups in total. The van der Waals surface area contributed by atoms with Crippen LogP contribution in [0.2, 0.25) is 0 Å². The van der Waals surface area contributed by atoms with Crippen molar-refractivity contribution in [3.63, 3.8) is 0 Å². The topological polar surface area (TPSA) is 55.1 Å². The first-order valence-electron chi connectivity index (χ1n) is 6.22. The van der Waals surface area contributed by atoms with Crippen LogP contribution in [0.1, 0.15) is 52.4 Å². The third-order valence-corrected chi connectivity index (χ3v) is 3.53. The Kier molecular flexibility index (Phi) is 5.09. The minimum atomic E-state index is -0.119. The van der Waals surface area contributed by atoms with E-state index in [1.807, 2.05) is 0 Å². The first kappa shape index (κ1) is 12.5. The zero-order chi connectivity index (χ0) is 11.3. The van der Waals surface area contributed by atoms with Crippen molar-refractivity contribution >= 4 is 5.91 Å². The van der Waals surface area contributed by atoms with Gasteiger partial charge >= 0.3 is 0 Å². The molecule has 0 aliphatic heterocycles. The molecule has 1 rings (SSSR count). The van der Waals surface area contributed by atoms with Crippen molar-refractivity contribution < 1.29 is 4.79 Å². The fraction of sp³-hybridized carbons (Fsp3) is 0.917. The van der Waals surface area contributed by atoms with Gasteiger partial charge in [-0.1, -0.05) is 20.3 Å². The molecule has 0 heterocycles. The predicted molar refractivity (Wildman–Crippen MR) is 62.4 cm³/mol. The first-order chi connectivity index (χ1) is 7.17. The van der Waals surface area contributed by atoms with Crippen LogP contribution in [-0.2, 0) is 4.79 Å². The van der Waals surface area contributed by atoms with Gasteiger partial charge in [0.15, 0.2) is 0 Å². The summed E-state index contributed by atoms with van der Waals surface area (Å²) in [6.45, 7) is 4.41. The van der Waals surface area contributed by atoms with Crippen molar-refractivity contribution in [2.75, 3.05) is 0 Å². The van der Waals surface area contributed by atoms with E-state index in [-0.39, 0.29) is 11.8 Å². The maximum atomic E-state index is 11.1. The van der Waals surface area contributed by atoms with Crippen LogP contribution in [0.25, 0.3) is 0 Å². The van der Waals surface area contributed by atoms with E-state index in [4.69, 9.17) is 5.73 Å². The number of hydrogen-bond acceptors (Lipinski definition) is 2. The smallest absolute Gasteiger partial charge is 0.220 e. The summed E-state index contributed by atoms with van der Waals surface area (Å²) < 4.78 is 0. The molecule has 3 nitrogen and oxygen atoms in total. The van der Waals surface area contributed by atoms with Gasteiger partial charge in [0.1, 0.15) is 0 Å². The standard InChI is InChI=1S/C12H24N2O/c1-3-10(4-2)14-11-7-5-6-9(8-11)12(13)15/h9-11,14H,3-8H2,1-2H3,(H2,13,15). The lowest BCUT2D eigenvalue weighted by molar-refractivity contribution is -0.122. The Bertz CT molecular complexity index is 202. The predicted octanol–water partition coefficient (Wildman–Crippen LogP) is 1.81. The summed E-state index contributed by atoms with van der Waals surface area (Å²) in [4.78, 5) is 11.1. The largest absolute Gasteiger partial charge is 0.369 e. The quantitative estimate of drug-likeness (QED) is 0.730. The Morgan fingerprint density at radius 1 is 1.40 bits per heavy atom. The number of nitrogens with one attached hydrogen (secondary N) is 1. The second-order valence-corrected chi connectivity index (χ2v) is 4.64. The minimum Gasteiger partial charge on any atom is -0.369 e. The third-order valence-electron chi connectivity index (χ3n) is 3.53. The molecule has 1 amide bonds. The van der Waals surface area contributed by atoms with E-state index >= 15 is 0 Å². The molecule has 0 radical (unpaired) electrons. The number of nitrogens with two attached hydrogens (primary N) is 1. The maximum Gasteiger partial charge on any atom is 0.220 e. The average Bonchev–Trinajstić information content (AvgIpc) is 2.26. The zero-order valence-corrected chi connectivity index (χ0v) is 9.96. The molecule has 1 aliphatic rings. The van der Waals surface area contributed by atoms with Gasteiger partial charge in [-0.2, -0.15) is 0 Å². The second-order valence-electron chi connectivity index (χ2n) is 4.64. The van der Waals surface area contributed by atoms with E-state index < -0.39 is 0 Å². The Morgan fingerprint density at radius 2 is 2.07 bits per heavy atom. The highest BCUT2D eigenvalue weighted by Gasteiger charge is 2.26. The molecule has 2 unspecified atom stereocenters. The molecular weight excluding hydrogens is 188 g/mol. The number of amides is 1. The van der Waals surface area contributed by atoms with E-state index in [0.717, 1.165) is 32.1 Å². The van der Waals surface area contributed by atoms with Crippen LogP contribution in [0.15, 0.2) is 0 Å². The molecule has 1 fully saturated rings. The Labute approximate surface area is 92.8 Å². The van der Waals surface area contributed by atoms with Gasteiger partial charge in [0.05, 0.1) is 0 Å². The molecule has 3 heteroatoms. The SMILES string of the molecule is CCC(CC)NC1CCCC(C(N)=O)C1. The van der Waals surface area contributed by atoms with Crippen molar-refractivity contribution in [1.29, 1.82) is 0 Å². The van der Waals surface area contributed by atoms with Crippen LogP contribution in [0.4, 0.5) is 0 Å². The molecular formula is C12H24N2O. The lowest BCUT2D eigenvalue weighted by Crippen LogP contribution is -2.42. The molecule has 1 aliphatic carbocycles. The van der Waals surface area contributed by atoms with Gasteiger partial charge < -0.3 is 11.1 Å². The van der Waals surface area contributed by atoms with Crippen molar-refractivity contribution in [1.82, 2.24) is 5.32 Å². The van der Waals surface area contributed by atoms with Crippen LogP contribution >= 0.6 is 0 Å². The van der Waals surface area contributed by atoms with Gasteiger partial charge in [-0.05, 0) is 32.1 Å². The average molecular weight is 212 g/mol. The first-order valence-corrected chi connectivity index (χ1v) is 6.22. The van der Waals surface area contributed by atoms with E-state index in [0.29, 0.717) is 12.1 Å². The van der Waals surface area contributed by atoms with Crippen LogP contribution in [0, 0.1) is 5.92 Å². The number of primary amides is 1. The molecule has 0 aromatic heterocycles. The summed E-state index contributed by atoms with van der Waals surface area (Å²) in [7, 11) is 0. The zero-order valence-electron chi connectivity index (χ0n) is 9.96. The highest BCUT2D eigenvalue weighted by atomic mass is 16.1. The van der Waals surface area contributed by atoms with E-state index in [1.54, 1.807) is 0 Å². The van der Waals surface area contributed by atoms with Crippen LogP contribution < -0.4 is 11.1 Å². The van der Waals surface area contributed by atoms with E-state index in [2.05, 4.69) is 19.2 Å². The number of rotatable bonds is 5. The van der Waals surface area contributed by atoms with Gasteiger partial charge in [-0.15, -0.1) is 0 Å². The normalized spacial score (nSPS) is 26.9. The van der Waals surface area contributed by atoms with E-state index in [1.165, 1.54) is 6.42 Å². The molecule has 88 valence electrons. The summed E-state index contributed by atoms with van der Waals surface area (Å²) in [6, 6.07) is 1.10. The van der Waals surface area contributed by atoms with Crippen molar-refractivity contribution in [2.45, 2.75) is 64.5 Å². The van der Waals surface area contributed by atoms with Gasteiger partial charge in [0, 0.05) is 18.0 Å². The van der Waals surface area contributed by atoms with Gasteiger partial charge in [0.25, 0.3) is 0 Å². The summed E-state index contributed by atoms with van der Waals surface area (Å²) >= 11 is 0. The molecule has 0 saturated heterocycles. The number of carbonyl (C=O) groups is 1. The molecule has 1 saturated carbocycles. The van der Waals surface area contributed by atoms with E-state index in [9.17, 15) is 4.79 Å². The molecule has 0 bridgehead atoms. The fourth-order valence-corrected chi connectivity index (χ4v) is 2.46. The van der Waals surface area contributed by atoms with Gasteiger partial charge in [-0.3, -0.25) is 4.79 Å². The van der Waals surface area contributed by atoms with Crippen LogP contribution in [-0.4, -0.2) is 18.0 Å².